The first kappa shape index (κ1) is 19.5. The van der Waals surface area contributed by atoms with Gasteiger partial charge >= 0.3 is 0 Å². The number of hydrogen-bond acceptors (Lipinski definition) is 2. The molecule has 0 atom stereocenters. The van der Waals surface area contributed by atoms with Crippen LogP contribution in [0.15, 0.2) is 48.7 Å². The third-order valence-corrected chi connectivity index (χ3v) is 5.77. The molecule has 5 nitrogen and oxygen atoms in total. The molecule has 0 unspecified atom stereocenters. The van der Waals surface area contributed by atoms with Crippen LogP contribution in [-0.2, 0) is 4.79 Å². The smallest absolute Gasteiger partial charge is 0.253 e. The molecule has 2 aromatic carbocycles. The maximum Gasteiger partial charge on any atom is 0.253 e. The van der Waals surface area contributed by atoms with E-state index in [0.29, 0.717) is 24.1 Å². The molecule has 0 saturated heterocycles. The molecule has 1 aliphatic rings. The number of H-pyrrole nitrogens is 1. The molecule has 4 rings (SSSR count). The highest BCUT2D eigenvalue weighted by Gasteiger charge is 2.28. The Hall–Kier alpha value is -2.86. The van der Waals surface area contributed by atoms with Gasteiger partial charge in [0.05, 0.1) is 16.3 Å². The Morgan fingerprint density at radius 2 is 1.83 bits per heavy atom. The van der Waals surface area contributed by atoms with Crippen LogP contribution in [0.25, 0.3) is 10.9 Å². The average molecular weight is 414 g/mol. The molecule has 3 aromatic rings. The number of amides is 2. The number of carbonyl (C=O) groups is 2. The van der Waals surface area contributed by atoms with Gasteiger partial charge in [-0.2, -0.15) is 0 Å². The first-order valence-corrected chi connectivity index (χ1v) is 10.0. The van der Waals surface area contributed by atoms with E-state index in [2.05, 4.69) is 15.6 Å². The molecule has 0 radical (unpaired) electrons. The molecular weight excluding hydrogens is 393 g/mol. The van der Waals surface area contributed by atoms with Crippen molar-refractivity contribution in [3.63, 3.8) is 0 Å². The Kier molecular flexibility index (Phi) is 5.53. The van der Waals surface area contributed by atoms with Gasteiger partial charge in [-0.15, -0.1) is 0 Å². The van der Waals surface area contributed by atoms with Gasteiger partial charge in [-0.1, -0.05) is 29.8 Å². The van der Waals surface area contributed by atoms with Crippen LogP contribution in [0.4, 0.5) is 10.1 Å². The van der Waals surface area contributed by atoms with Crippen molar-refractivity contribution < 1.29 is 14.0 Å². The van der Waals surface area contributed by atoms with Crippen molar-refractivity contribution in [2.45, 2.75) is 31.7 Å². The fourth-order valence-electron chi connectivity index (χ4n) is 3.85. The van der Waals surface area contributed by atoms with Crippen LogP contribution in [0.3, 0.4) is 0 Å². The number of nitrogens with one attached hydrogen (secondary N) is 3. The SMILES string of the molecule is O=C(N[C@H]1CC[C@H](C(=O)Nc2ccc(F)cc2Cl)CC1)c1c[nH]c2ccccc12. The van der Waals surface area contributed by atoms with Gasteiger partial charge in [0.2, 0.25) is 5.91 Å². The van der Waals surface area contributed by atoms with Crippen molar-refractivity contribution in [1.82, 2.24) is 10.3 Å². The van der Waals surface area contributed by atoms with Crippen molar-refractivity contribution in [3.05, 3.63) is 65.1 Å². The third kappa shape index (κ3) is 4.27. The second-order valence-electron chi connectivity index (χ2n) is 7.38. The number of carbonyl (C=O) groups excluding carboxylic acids is 2. The average Bonchev–Trinajstić information content (AvgIpc) is 3.15. The summed E-state index contributed by atoms with van der Waals surface area (Å²) in [5.74, 6) is -0.829. The van der Waals surface area contributed by atoms with Gasteiger partial charge in [-0.25, -0.2) is 4.39 Å². The van der Waals surface area contributed by atoms with E-state index >= 15 is 0 Å². The molecule has 7 heteroatoms. The fourth-order valence-corrected chi connectivity index (χ4v) is 4.06. The van der Waals surface area contributed by atoms with Gasteiger partial charge in [0.1, 0.15) is 5.82 Å². The molecule has 150 valence electrons. The van der Waals surface area contributed by atoms with Crippen molar-refractivity contribution in [1.29, 1.82) is 0 Å². The van der Waals surface area contributed by atoms with Crippen molar-refractivity contribution >= 4 is 40.0 Å². The van der Waals surface area contributed by atoms with Crippen LogP contribution in [0, 0.1) is 11.7 Å². The lowest BCUT2D eigenvalue weighted by molar-refractivity contribution is -0.120. The second-order valence-corrected chi connectivity index (χ2v) is 7.79. The summed E-state index contributed by atoms with van der Waals surface area (Å²) in [5.41, 5.74) is 1.97. The predicted molar refractivity (Wildman–Crippen MR) is 112 cm³/mol. The largest absolute Gasteiger partial charge is 0.360 e. The maximum atomic E-state index is 13.1. The first-order chi connectivity index (χ1) is 14.0. The number of aromatic nitrogens is 1. The van der Waals surface area contributed by atoms with Crippen LogP contribution < -0.4 is 10.6 Å². The summed E-state index contributed by atoms with van der Waals surface area (Å²) >= 11 is 5.98. The molecule has 29 heavy (non-hydrogen) atoms. The molecule has 0 aliphatic heterocycles. The minimum absolute atomic E-state index is 0.0367. The Labute approximate surface area is 172 Å². The summed E-state index contributed by atoms with van der Waals surface area (Å²) in [7, 11) is 0. The van der Waals surface area contributed by atoms with Crippen LogP contribution in [-0.4, -0.2) is 22.8 Å². The number of anilines is 1. The minimum Gasteiger partial charge on any atom is -0.360 e. The van der Waals surface area contributed by atoms with Crippen molar-refractivity contribution in [3.8, 4) is 0 Å². The highest BCUT2D eigenvalue weighted by molar-refractivity contribution is 6.33. The molecule has 0 spiro atoms. The molecule has 1 aromatic heterocycles. The molecular formula is C22H21ClFN3O2. The third-order valence-electron chi connectivity index (χ3n) is 5.46. The monoisotopic (exact) mass is 413 g/mol. The lowest BCUT2D eigenvalue weighted by Crippen LogP contribution is -2.39. The zero-order valence-electron chi connectivity index (χ0n) is 15.7. The highest BCUT2D eigenvalue weighted by atomic mass is 35.5. The standard InChI is InChI=1S/C22H21ClFN3O2/c23-18-11-14(24)7-10-20(18)27-21(28)13-5-8-15(9-6-13)26-22(29)17-12-25-19-4-2-1-3-16(17)19/h1-4,7,10-13,15,25H,5-6,8-9H2,(H,26,29)(H,27,28)/t13-,15-. The van der Waals surface area contributed by atoms with Crippen LogP contribution >= 0.6 is 11.6 Å². The summed E-state index contributed by atoms with van der Waals surface area (Å²) in [4.78, 5) is 28.3. The number of fused-ring (bicyclic) bond motifs is 1. The summed E-state index contributed by atoms with van der Waals surface area (Å²) < 4.78 is 13.1. The predicted octanol–water partition coefficient (Wildman–Crippen LogP) is 4.89. The van der Waals surface area contributed by atoms with E-state index in [1.807, 2.05) is 24.3 Å². The van der Waals surface area contributed by atoms with Crippen molar-refractivity contribution in [2.24, 2.45) is 5.92 Å². The zero-order chi connectivity index (χ0) is 20.4. The Bertz CT molecular complexity index is 1060. The second kappa shape index (κ2) is 8.25. The lowest BCUT2D eigenvalue weighted by atomic mass is 9.85. The lowest BCUT2D eigenvalue weighted by Gasteiger charge is -2.28. The normalized spacial score (nSPS) is 19.1. The van der Waals surface area contributed by atoms with Gasteiger partial charge in [-0.3, -0.25) is 9.59 Å². The van der Waals surface area contributed by atoms with Gasteiger partial charge in [-0.05, 0) is 49.9 Å². The van der Waals surface area contributed by atoms with Gasteiger partial charge in [0, 0.05) is 29.1 Å². The maximum absolute atomic E-state index is 13.1. The molecule has 1 heterocycles. The van der Waals surface area contributed by atoms with Gasteiger partial charge in [0.25, 0.3) is 5.91 Å². The number of aromatic amines is 1. The van der Waals surface area contributed by atoms with Crippen LogP contribution in [0.2, 0.25) is 5.02 Å². The molecule has 0 bridgehead atoms. The number of hydrogen-bond donors (Lipinski definition) is 3. The Balaban J connectivity index is 1.32. The number of para-hydroxylation sites is 1. The molecule has 2 amide bonds. The summed E-state index contributed by atoms with van der Waals surface area (Å²) in [5, 5.41) is 6.94. The highest BCUT2D eigenvalue weighted by Crippen LogP contribution is 2.28. The molecule has 3 N–H and O–H groups in total. The first-order valence-electron chi connectivity index (χ1n) is 9.64. The Morgan fingerprint density at radius 1 is 1.07 bits per heavy atom. The van der Waals surface area contributed by atoms with E-state index in [9.17, 15) is 14.0 Å². The fraction of sp³-hybridized carbons (Fsp3) is 0.273. The summed E-state index contributed by atoms with van der Waals surface area (Å²) in [6, 6.07) is 11.6. The van der Waals surface area contributed by atoms with E-state index in [0.717, 1.165) is 23.7 Å². The summed E-state index contributed by atoms with van der Waals surface area (Å²) in [6.45, 7) is 0. The minimum atomic E-state index is -0.445. The number of halogens is 2. The molecule has 1 aliphatic carbocycles. The quantitative estimate of drug-likeness (QED) is 0.569. The van der Waals surface area contributed by atoms with E-state index in [1.165, 1.54) is 18.2 Å². The molecule has 1 saturated carbocycles. The van der Waals surface area contributed by atoms with Gasteiger partial charge < -0.3 is 15.6 Å². The summed E-state index contributed by atoms with van der Waals surface area (Å²) in [6.07, 6.45) is 4.52. The van der Waals surface area contributed by atoms with E-state index in [4.69, 9.17) is 11.6 Å². The number of rotatable bonds is 4. The number of benzene rings is 2. The zero-order valence-corrected chi connectivity index (χ0v) is 16.4. The van der Waals surface area contributed by atoms with Crippen LogP contribution in [0.5, 0.6) is 0 Å². The van der Waals surface area contributed by atoms with E-state index < -0.39 is 5.82 Å². The van der Waals surface area contributed by atoms with Gasteiger partial charge in [0.15, 0.2) is 0 Å². The topological polar surface area (TPSA) is 74.0 Å². The van der Waals surface area contributed by atoms with Crippen LogP contribution in [0.1, 0.15) is 36.0 Å². The molecule has 1 fully saturated rings. The van der Waals surface area contributed by atoms with E-state index in [1.54, 1.807) is 6.20 Å². The Morgan fingerprint density at radius 3 is 2.59 bits per heavy atom. The van der Waals surface area contributed by atoms with E-state index in [-0.39, 0.29) is 28.8 Å². The van der Waals surface area contributed by atoms with Crippen molar-refractivity contribution in [2.75, 3.05) is 5.32 Å².